The van der Waals surface area contributed by atoms with Crippen molar-refractivity contribution in [3.05, 3.63) is 58.6 Å². The molecule has 0 aromatic heterocycles. The standard InChI is InChI=1S/C16H16ClNOS/c1-10(2)12-5-3-4-6-15(12)18-16(19)13-9-11(20)7-8-14(13)17/h3-10,20H,1-2H3,(H,18,19). The number of carbonyl (C=O) groups excluding carboxylic acids is 1. The van der Waals surface area contributed by atoms with Crippen LogP contribution in [0.15, 0.2) is 47.4 Å². The van der Waals surface area contributed by atoms with E-state index in [-0.39, 0.29) is 5.91 Å². The lowest BCUT2D eigenvalue weighted by Gasteiger charge is -2.14. The van der Waals surface area contributed by atoms with Gasteiger partial charge in [-0.25, -0.2) is 0 Å². The summed E-state index contributed by atoms with van der Waals surface area (Å²) >= 11 is 10.3. The molecule has 1 amide bonds. The predicted molar refractivity (Wildman–Crippen MR) is 87.2 cm³/mol. The third-order valence-corrected chi connectivity index (χ3v) is 3.63. The Morgan fingerprint density at radius 1 is 1.20 bits per heavy atom. The lowest BCUT2D eigenvalue weighted by atomic mass is 10.0. The van der Waals surface area contributed by atoms with Crippen LogP contribution in [-0.2, 0) is 0 Å². The zero-order valence-electron chi connectivity index (χ0n) is 11.4. The number of carbonyl (C=O) groups is 1. The SMILES string of the molecule is CC(C)c1ccccc1NC(=O)c1cc(S)ccc1Cl. The first-order valence-corrected chi connectivity index (χ1v) is 7.20. The molecule has 2 nitrogen and oxygen atoms in total. The number of thiol groups is 1. The lowest BCUT2D eigenvalue weighted by Crippen LogP contribution is -2.14. The second-order valence-corrected chi connectivity index (χ2v) is 5.78. The largest absolute Gasteiger partial charge is 0.322 e. The molecule has 2 rings (SSSR count). The lowest BCUT2D eigenvalue weighted by molar-refractivity contribution is 0.102. The molecule has 20 heavy (non-hydrogen) atoms. The fourth-order valence-electron chi connectivity index (χ4n) is 1.99. The molecular weight excluding hydrogens is 290 g/mol. The van der Waals surface area contributed by atoms with E-state index in [0.717, 1.165) is 11.3 Å². The topological polar surface area (TPSA) is 29.1 Å². The van der Waals surface area contributed by atoms with Gasteiger partial charge in [0.1, 0.15) is 0 Å². The summed E-state index contributed by atoms with van der Waals surface area (Å²) in [6, 6.07) is 12.9. The summed E-state index contributed by atoms with van der Waals surface area (Å²) in [4.78, 5) is 13.0. The summed E-state index contributed by atoms with van der Waals surface area (Å²) < 4.78 is 0. The van der Waals surface area contributed by atoms with Crippen LogP contribution in [0.1, 0.15) is 35.7 Å². The van der Waals surface area contributed by atoms with Gasteiger partial charge in [-0.2, -0.15) is 0 Å². The van der Waals surface area contributed by atoms with Gasteiger partial charge in [0.25, 0.3) is 5.91 Å². The maximum absolute atomic E-state index is 12.3. The van der Waals surface area contributed by atoms with Crippen LogP contribution in [0.25, 0.3) is 0 Å². The van der Waals surface area contributed by atoms with Crippen LogP contribution in [0, 0.1) is 0 Å². The molecule has 0 bridgehead atoms. The van der Waals surface area contributed by atoms with Crippen molar-refractivity contribution in [1.82, 2.24) is 0 Å². The van der Waals surface area contributed by atoms with Crippen molar-refractivity contribution in [2.75, 3.05) is 5.32 Å². The molecule has 0 saturated heterocycles. The minimum atomic E-state index is -0.223. The fraction of sp³-hybridized carbons (Fsp3) is 0.188. The van der Waals surface area contributed by atoms with Gasteiger partial charge in [0.05, 0.1) is 10.6 Å². The van der Waals surface area contributed by atoms with Gasteiger partial charge >= 0.3 is 0 Å². The number of rotatable bonds is 3. The van der Waals surface area contributed by atoms with Crippen LogP contribution >= 0.6 is 24.2 Å². The maximum atomic E-state index is 12.3. The van der Waals surface area contributed by atoms with E-state index < -0.39 is 0 Å². The Morgan fingerprint density at radius 2 is 1.90 bits per heavy atom. The van der Waals surface area contributed by atoms with Crippen molar-refractivity contribution < 1.29 is 4.79 Å². The Kier molecular flexibility index (Phi) is 4.73. The predicted octanol–water partition coefficient (Wildman–Crippen LogP) is 5.00. The minimum absolute atomic E-state index is 0.223. The van der Waals surface area contributed by atoms with Crippen LogP contribution in [0.3, 0.4) is 0 Å². The highest BCUT2D eigenvalue weighted by Crippen LogP contribution is 2.26. The average Bonchev–Trinajstić information content (AvgIpc) is 2.41. The monoisotopic (exact) mass is 305 g/mol. The van der Waals surface area contributed by atoms with Crippen LogP contribution in [0.5, 0.6) is 0 Å². The van der Waals surface area contributed by atoms with Crippen LogP contribution in [-0.4, -0.2) is 5.91 Å². The van der Waals surface area contributed by atoms with Crippen LogP contribution in [0.4, 0.5) is 5.69 Å². The van der Waals surface area contributed by atoms with E-state index in [1.807, 2.05) is 24.3 Å². The number of nitrogens with one attached hydrogen (secondary N) is 1. The van der Waals surface area contributed by atoms with E-state index in [1.165, 1.54) is 0 Å². The van der Waals surface area contributed by atoms with E-state index in [1.54, 1.807) is 18.2 Å². The molecule has 0 saturated carbocycles. The van der Waals surface area contributed by atoms with E-state index >= 15 is 0 Å². The van der Waals surface area contributed by atoms with Gasteiger partial charge in [-0.15, -0.1) is 12.6 Å². The van der Waals surface area contributed by atoms with E-state index in [2.05, 4.69) is 31.8 Å². The number of benzene rings is 2. The summed E-state index contributed by atoms with van der Waals surface area (Å²) in [5.41, 5.74) is 2.34. The molecule has 0 atom stereocenters. The molecule has 2 aromatic rings. The second kappa shape index (κ2) is 6.33. The molecule has 0 aliphatic carbocycles. The molecule has 1 N–H and O–H groups in total. The number of hydrogen-bond acceptors (Lipinski definition) is 2. The first kappa shape index (κ1) is 14.9. The normalized spacial score (nSPS) is 10.7. The van der Waals surface area contributed by atoms with E-state index in [4.69, 9.17) is 11.6 Å². The number of hydrogen-bond donors (Lipinski definition) is 2. The molecular formula is C16H16ClNOS. The smallest absolute Gasteiger partial charge is 0.257 e. The van der Waals surface area contributed by atoms with Crippen LogP contribution < -0.4 is 5.32 Å². The highest BCUT2D eigenvalue weighted by atomic mass is 35.5. The molecule has 4 heteroatoms. The van der Waals surface area contributed by atoms with Crippen molar-refractivity contribution in [2.24, 2.45) is 0 Å². The van der Waals surface area contributed by atoms with Gasteiger partial charge in [0.15, 0.2) is 0 Å². The number of halogens is 1. The zero-order valence-corrected chi connectivity index (χ0v) is 13.0. The van der Waals surface area contributed by atoms with Gasteiger partial charge in [-0.3, -0.25) is 4.79 Å². The van der Waals surface area contributed by atoms with E-state index in [0.29, 0.717) is 21.4 Å². The zero-order chi connectivity index (χ0) is 14.7. The maximum Gasteiger partial charge on any atom is 0.257 e. The Balaban J connectivity index is 2.31. The summed E-state index contributed by atoms with van der Waals surface area (Å²) in [7, 11) is 0. The van der Waals surface area contributed by atoms with Gasteiger partial charge in [-0.1, -0.05) is 43.6 Å². The molecule has 0 spiro atoms. The summed E-state index contributed by atoms with van der Waals surface area (Å²) in [5, 5.41) is 3.34. The van der Waals surface area contributed by atoms with Gasteiger partial charge in [0, 0.05) is 10.6 Å². The first-order chi connectivity index (χ1) is 9.49. The number of anilines is 1. The van der Waals surface area contributed by atoms with Crippen molar-refractivity contribution in [1.29, 1.82) is 0 Å². The molecule has 0 aliphatic rings. The highest BCUT2D eigenvalue weighted by Gasteiger charge is 2.13. The van der Waals surface area contributed by atoms with Gasteiger partial charge in [-0.05, 0) is 35.7 Å². The third-order valence-electron chi connectivity index (χ3n) is 3.03. The Labute approximate surface area is 129 Å². The average molecular weight is 306 g/mol. The summed E-state index contributed by atoms with van der Waals surface area (Å²) in [6.45, 7) is 4.18. The third kappa shape index (κ3) is 3.35. The molecule has 0 unspecified atom stereocenters. The molecule has 0 heterocycles. The van der Waals surface area contributed by atoms with Crippen LogP contribution in [0.2, 0.25) is 5.02 Å². The van der Waals surface area contributed by atoms with Crippen molar-refractivity contribution >= 4 is 35.8 Å². The van der Waals surface area contributed by atoms with E-state index in [9.17, 15) is 4.79 Å². The first-order valence-electron chi connectivity index (χ1n) is 6.38. The highest BCUT2D eigenvalue weighted by molar-refractivity contribution is 7.80. The molecule has 104 valence electrons. The molecule has 2 aromatic carbocycles. The summed E-state index contributed by atoms with van der Waals surface area (Å²) in [5.74, 6) is 0.109. The minimum Gasteiger partial charge on any atom is -0.322 e. The quantitative estimate of drug-likeness (QED) is 0.767. The number of amides is 1. The molecule has 0 fully saturated rings. The fourth-order valence-corrected chi connectivity index (χ4v) is 2.40. The Morgan fingerprint density at radius 3 is 2.60 bits per heavy atom. The Bertz CT molecular complexity index is 640. The van der Waals surface area contributed by atoms with Gasteiger partial charge < -0.3 is 5.32 Å². The van der Waals surface area contributed by atoms with Crippen molar-refractivity contribution in [3.8, 4) is 0 Å². The summed E-state index contributed by atoms with van der Waals surface area (Å²) in [6.07, 6.45) is 0. The molecule has 0 aliphatic heterocycles. The van der Waals surface area contributed by atoms with Gasteiger partial charge in [0.2, 0.25) is 0 Å². The van der Waals surface area contributed by atoms with Crippen molar-refractivity contribution in [2.45, 2.75) is 24.7 Å². The number of para-hydroxylation sites is 1. The Hall–Kier alpha value is -1.45. The van der Waals surface area contributed by atoms with Crippen molar-refractivity contribution in [3.63, 3.8) is 0 Å². The molecule has 0 radical (unpaired) electrons. The second-order valence-electron chi connectivity index (χ2n) is 4.86.